The molecule has 0 saturated heterocycles. The molecule has 2 aromatic heterocycles. The number of furan rings is 1. The second-order valence-corrected chi connectivity index (χ2v) is 15.1. The number of hydrogen-bond acceptors (Lipinski definition) is 2. The van der Waals surface area contributed by atoms with Crippen molar-refractivity contribution >= 4 is 82.4 Å². The lowest BCUT2D eigenvalue weighted by Crippen LogP contribution is -2.11. The van der Waals surface area contributed by atoms with Gasteiger partial charge < -0.3 is 13.9 Å². The Labute approximate surface area is 407 Å². The summed E-state index contributed by atoms with van der Waals surface area (Å²) in [6.45, 7) is 0. The number of aromatic nitrogens is 1. The van der Waals surface area contributed by atoms with Gasteiger partial charge in [-0.05, 0) is 116 Å². The van der Waals surface area contributed by atoms with E-state index >= 15 is 0 Å². The van der Waals surface area contributed by atoms with E-state index in [4.69, 9.17) is 20.9 Å². The summed E-state index contributed by atoms with van der Waals surface area (Å²) in [5.41, 5.74) is -0.827. The fourth-order valence-electron chi connectivity index (χ4n) is 8.68. The minimum absolute atomic E-state index is 0.122. The molecule has 0 spiro atoms. The van der Waals surface area contributed by atoms with Gasteiger partial charge in [-0.3, -0.25) is 0 Å². The molecule has 2 heterocycles. The van der Waals surface area contributed by atoms with E-state index in [9.17, 15) is 13.7 Å². The van der Waals surface area contributed by atoms with Gasteiger partial charge in [0.25, 0.3) is 0 Å². The van der Waals surface area contributed by atoms with Crippen molar-refractivity contribution in [1.29, 1.82) is 0 Å². The zero-order chi connectivity index (χ0) is 62.0. The molecule has 304 valence electrons. The molecule has 65 heavy (non-hydrogen) atoms. The van der Waals surface area contributed by atoms with Crippen molar-refractivity contribution in [3.63, 3.8) is 0 Å². The first-order valence-electron chi connectivity index (χ1n) is 31.5. The maximum atomic E-state index is 10.1. The number of fused-ring (bicyclic) bond motifs is 8. The summed E-state index contributed by atoms with van der Waals surface area (Å²) in [6, 6.07) is 14.2. The second-order valence-electron chi connectivity index (χ2n) is 15.1. The predicted molar refractivity (Wildman–Crippen MR) is 274 cm³/mol. The molecule has 0 aliphatic rings. The standard InChI is InChI=1S/C62H40N2O/c1-3-20-49-41(14-1)16-12-25-51(49)43-30-34-46(35-31-43)63(47-36-32-44(33-37-47)52-26-13-17-42-15-2-4-21-50(42)52)59-39-38-56-55-24-7-10-29-60(55)65-62(56)61(59)45-18-11-19-48(40-45)64-57-27-8-5-22-53(57)54-23-6-9-28-58(54)64/h1-40H/i1D,2D,3D,4D,12D,13D,14D,15D,16D,17D,20D,21D,25D,26D,30D,31D,32D,33D,34D,35D,36D,37D. The van der Waals surface area contributed by atoms with Crippen LogP contribution in [0.1, 0.15) is 30.2 Å². The number of hydrogen-bond donors (Lipinski definition) is 0. The summed E-state index contributed by atoms with van der Waals surface area (Å²) >= 11 is 0. The highest BCUT2D eigenvalue weighted by Gasteiger charge is 2.24. The molecular weight excluding hydrogens is 789 g/mol. The SMILES string of the molecule is [2H]c1c([2H])c(N(c2ccc3c(oc4ccccc43)c2-c2cccc(-n3c4ccccc4c4ccccc43)c2)c2c([2H])c([2H])c(-c3c([2H])c([2H])c([2H])c4c([2H])c([2H])c([2H])c([2H])c34)c([2H])c2[2H])c([2H])c([2H])c1-c1c([2H])c([2H])c([2H])c2c([2H])c([2H])c([2H])c([2H])c12. The highest BCUT2D eigenvalue weighted by atomic mass is 16.3. The molecule has 13 rings (SSSR count). The third-order valence-electron chi connectivity index (χ3n) is 11.5. The molecule has 0 fully saturated rings. The first-order chi connectivity index (χ1) is 41.4. The number of benzene rings is 11. The lowest BCUT2D eigenvalue weighted by Gasteiger charge is -2.28. The lowest BCUT2D eigenvalue weighted by atomic mass is 9.96. The minimum Gasteiger partial charge on any atom is -0.455 e. The van der Waals surface area contributed by atoms with E-state index in [2.05, 4.69) is 0 Å². The molecule has 0 amide bonds. The van der Waals surface area contributed by atoms with Crippen molar-refractivity contribution in [3.05, 3.63) is 242 Å². The Bertz CT molecular complexity index is 4970. The molecule has 0 saturated carbocycles. The van der Waals surface area contributed by atoms with Crippen LogP contribution in [0.5, 0.6) is 0 Å². The number of para-hydroxylation sites is 3. The van der Waals surface area contributed by atoms with Gasteiger partial charge in [-0.2, -0.15) is 0 Å². The van der Waals surface area contributed by atoms with Gasteiger partial charge in [0, 0.05) is 44.2 Å². The molecule has 0 unspecified atom stereocenters. The molecule has 11 aromatic carbocycles. The van der Waals surface area contributed by atoms with Crippen molar-refractivity contribution in [2.45, 2.75) is 0 Å². The molecule has 0 radical (unpaired) electrons. The Morgan fingerprint density at radius 2 is 0.938 bits per heavy atom. The molecule has 13 aromatic rings. The highest BCUT2D eigenvalue weighted by molar-refractivity contribution is 6.14. The summed E-state index contributed by atoms with van der Waals surface area (Å²) in [7, 11) is 0. The third-order valence-corrected chi connectivity index (χ3v) is 11.5. The van der Waals surface area contributed by atoms with Gasteiger partial charge in [-0.25, -0.2) is 0 Å². The number of nitrogens with zero attached hydrogens (tertiary/aromatic N) is 2. The van der Waals surface area contributed by atoms with Crippen molar-refractivity contribution in [3.8, 4) is 39.1 Å². The molecule has 3 heteroatoms. The Balaban J connectivity index is 1.18. The van der Waals surface area contributed by atoms with Gasteiger partial charge in [0.1, 0.15) is 11.2 Å². The van der Waals surface area contributed by atoms with Crippen LogP contribution in [0, 0.1) is 0 Å². The fraction of sp³-hybridized carbons (Fsp3) is 0. The first kappa shape index (κ1) is 21.1. The lowest BCUT2D eigenvalue weighted by molar-refractivity contribution is 0.670. The average molecular weight is 851 g/mol. The summed E-state index contributed by atoms with van der Waals surface area (Å²) in [5, 5.41) is 0.952. The summed E-state index contributed by atoms with van der Waals surface area (Å²) in [5.74, 6) is 0. The van der Waals surface area contributed by atoms with Crippen molar-refractivity contribution < 1.29 is 34.6 Å². The largest absolute Gasteiger partial charge is 0.455 e. The van der Waals surface area contributed by atoms with Crippen LogP contribution in [0.2, 0.25) is 0 Å². The van der Waals surface area contributed by atoms with Crippen LogP contribution < -0.4 is 4.90 Å². The van der Waals surface area contributed by atoms with E-state index in [1.807, 2.05) is 71.3 Å². The van der Waals surface area contributed by atoms with Crippen LogP contribution >= 0.6 is 0 Å². The zero-order valence-electron chi connectivity index (χ0n) is 55.7. The van der Waals surface area contributed by atoms with Gasteiger partial charge in [-0.15, -0.1) is 0 Å². The van der Waals surface area contributed by atoms with Crippen LogP contribution in [0.15, 0.2) is 247 Å². The third kappa shape index (κ3) is 6.05. The Kier molecular flexibility index (Phi) is 4.88. The van der Waals surface area contributed by atoms with Gasteiger partial charge in [0.05, 0.1) is 46.9 Å². The first-order valence-corrected chi connectivity index (χ1v) is 20.5. The molecule has 0 bridgehead atoms. The smallest absolute Gasteiger partial charge is 0.145 e. The van der Waals surface area contributed by atoms with Gasteiger partial charge in [0.15, 0.2) is 0 Å². The zero-order valence-corrected chi connectivity index (χ0v) is 33.7. The van der Waals surface area contributed by atoms with Crippen LogP contribution in [-0.4, -0.2) is 4.57 Å². The van der Waals surface area contributed by atoms with Crippen LogP contribution in [0.25, 0.3) is 104 Å². The van der Waals surface area contributed by atoms with E-state index in [-0.39, 0.29) is 16.8 Å². The normalized spacial score (nSPS) is 16.4. The molecular formula is C62H40N2O. The summed E-state index contributed by atoms with van der Waals surface area (Å²) in [6.07, 6.45) is 0. The molecule has 0 aliphatic heterocycles. The minimum atomic E-state index is -0.961. The topological polar surface area (TPSA) is 21.3 Å². The number of rotatable bonds is 7. The predicted octanol–water partition coefficient (Wildman–Crippen LogP) is 17.5. The van der Waals surface area contributed by atoms with Crippen LogP contribution in [0.3, 0.4) is 0 Å². The van der Waals surface area contributed by atoms with Gasteiger partial charge in [-0.1, -0.05) is 175 Å². The Hall–Kier alpha value is -8.66. The maximum Gasteiger partial charge on any atom is 0.145 e. The molecule has 0 atom stereocenters. The van der Waals surface area contributed by atoms with Crippen LogP contribution in [-0.2, 0) is 0 Å². The van der Waals surface area contributed by atoms with E-state index in [0.717, 1.165) is 26.7 Å². The maximum absolute atomic E-state index is 10.1. The van der Waals surface area contributed by atoms with Gasteiger partial charge in [0.2, 0.25) is 0 Å². The fourth-order valence-corrected chi connectivity index (χ4v) is 8.68. The number of anilines is 3. The monoisotopic (exact) mass is 850 g/mol. The average Bonchev–Trinajstić information content (AvgIpc) is 1.36. The van der Waals surface area contributed by atoms with Crippen molar-refractivity contribution in [2.75, 3.05) is 4.90 Å². The second kappa shape index (κ2) is 15.0. The van der Waals surface area contributed by atoms with Crippen molar-refractivity contribution in [2.24, 2.45) is 0 Å². The van der Waals surface area contributed by atoms with E-state index in [1.54, 1.807) is 36.4 Å². The van der Waals surface area contributed by atoms with Crippen LogP contribution in [0.4, 0.5) is 17.1 Å². The van der Waals surface area contributed by atoms with E-state index in [1.165, 1.54) is 6.07 Å². The molecule has 0 N–H and O–H groups in total. The molecule has 0 aliphatic carbocycles. The highest BCUT2D eigenvalue weighted by Crippen LogP contribution is 2.48. The summed E-state index contributed by atoms with van der Waals surface area (Å²) < 4.78 is 212. The quantitative estimate of drug-likeness (QED) is 0.159. The Morgan fingerprint density at radius 3 is 1.55 bits per heavy atom. The Morgan fingerprint density at radius 1 is 0.400 bits per heavy atom. The molecule has 3 nitrogen and oxygen atoms in total. The van der Waals surface area contributed by atoms with E-state index < -0.39 is 188 Å². The summed E-state index contributed by atoms with van der Waals surface area (Å²) in [4.78, 5) is 0.993. The van der Waals surface area contributed by atoms with Crippen molar-refractivity contribution in [1.82, 2.24) is 4.57 Å². The van der Waals surface area contributed by atoms with Gasteiger partial charge >= 0.3 is 0 Å². The van der Waals surface area contributed by atoms with E-state index in [0.29, 0.717) is 27.6 Å².